The second-order valence-electron chi connectivity index (χ2n) is 2.52. The molecule has 2 rings (SSSR count). The Kier molecular flexibility index (Phi) is 2.35. The lowest BCUT2D eigenvalue weighted by molar-refractivity contribution is 0.277. The van der Waals surface area contributed by atoms with Gasteiger partial charge in [0.15, 0.2) is 0 Å². The van der Waals surface area contributed by atoms with E-state index in [1.54, 1.807) is 6.20 Å². The van der Waals surface area contributed by atoms with Gasteiger partial charge in [0.1, 0.15) is 5.82 Å². The van der Waals surface area contributed by atoms with Gasteiger partial charge in [0.05, 0.1) is 27.7 Å². The van der Waals surface area contributed by atoms with Crippen LogP contribution in [-0.2, 0) is 6.61 Å². The van der Waals surface area contributed by atoms with Crippen LogP contribution in [0.2, 0.25) is 4.34 Å². The quantitative estimate of drug-likeness (QED) is 0.806. The number of nitrogens with zero attached hydrogens (tertiary/aromatic N) is 1. The van der Waals surface area contributed by atoms with Gasteiger partial charge in [-0.15, -0.1) is 11.3 Å². The number of hydrogen-bond acceptors (Lipinski definition) is 3. The third-order valence-electron chi connectivity index (χ3n) is 1.61. The number of aliphatic hydroxyl groups is 1. The van der Waals surface area contributed by atoms with Gasteiger partial charge < -0.3 is 10.1 Å². The maximum absolute atomic E-state index is 8.81. The highest BCUT2D eigenvalue weighted by Crippen LogP contribution is 2.28. The number of aromatic amines is 1. The average molecular weight is 215 g/mol. The van der Waals surface area contributed by atoms with Crippen LogP contribution in [0.4, 0.5) is 0 Å². The molecular weight excluding hydrogens is 208 g/mol. The molecule has 0 aliphatic rings. The normalized spacial score (nSPS) is 10.6. The number of nitrogens with one attached hydrogen (secondary N) is 1. The molecule has 0 amide bonds. The Morgan fingerprint density at radius 2 is 2.38 bits per heavy atom. The van der Waals surface area contributed by atoms with Crippen LogP contribution < -0.4 is 0 Å². The van der Waals surface area contributed by atoms with Crippen molar-refractivity contribution in [2.75, 3.05) is 0 Å². The number of imidazole rings is 1. The summed E-state index contributed by atoms with van der Waals surface area (Å²) < 4.78 is 0.733. The maximum atomic E-state index is 8.81. The van der Waals surface area contributed by atoms with Gasteiger partial charge >= 0.3 is 0 Å². The summed E-state index contributed by atoms with van der Waals surface area (Å²) in [5, 5.41) is 8.81. The number of halogens is 1. The van der Waals surface area contributed by atoms with Crippen molar-refractivity contribution < 1.29 is 5.11 Å². The van der Waals surface area contributed by atoms with Gasteiger partial charge in [0, 0.05) is 0 Å². The lowest BCUT2D eigenvalue weighted by Gasteiger charge is -1.88. The molecule has 0 fully saturated rings. The predicted molar refractivity (Wildman–Crippen MR) is 52.8 cm³/mol. The van der Waals surface area contributed by atoms with E-state index in [0.717, 1.165) is 15.0 Å². The first-order valence-electron chi connectivity index (χ1n) is 3.70. The van der Waals surface area contributed by atoms with Gasteiger partial charge in [0.2, 0.25) is 0 Å². The Labute approximate surface area is 84.0 Å². The second kappa shape index (κ2) is 3.49. The number of aliphatic hydroxyl groups excluding tert-OH is 1. The third kappa shape index (κ3) is 1.75. The van der Waals surface area contributed by atoms with Crippen LogP contribution >= 0.6 is 22.9 Å². The summed E-state index contributed by atoms with van der Waals surface area (Å²) in [5.74, 6) is 0.751. The summed E-state index contributed by atoms with van der Waals surface area (Å²) in [4.78, 5) is 8.07. The van der Waals surface area contributed by atoms with Crippen LogP contribution in [0.15, 0.2) is 18.3 Å². The molecule has 2 heterocycles. The van der Waals surface area contributed by atoms with E-state index in [9.17, 15) is 0 Å². The molecule has 3 nitrogen and oxygen atoms in total. The van der Waals surface area contributed by atoms with Crippen LogP contribution in [0.3, 0.4) is 0 Å². The number of aromatic nitrogens is 2. The Hall–Kier alpha value is -0.840. The van der Waals surface area contributed by atoms with E-state index in [1.165, 1.54) is 11.3 Å². The fourth-order valence-electron chi connectivity index (χ4n) is 1.01. The molecule has 0 aliphatic carbocycles. The molecule has 5 heteroatoms. The average Bonchev–Trinajstić information content (AvgIpc) is 2.71. The van der Waals surface area contributed by atoms with E-state index in [2.05, 4.69) is 9.97 Å². The van der Waals surface area contributed by atoms with Crippen molar-refractivity contribution in [1.29, 1.82) is 0 Å². The van der Waals surface area contributed by atoms with Crippen molar-refractivity contribution in [3.8, 4) is 10.7 Å². The molecule has 0 unspecified atom stereocenters. The topological polar surface area (TPSA) is 48.9 Å². The number of rotatable bonds is 2. The SMILES string of the molecule is OCc1cnc(-c2ccc(Cl)s2)[nH]1. The molecule has 0 saturated carbocycles. The number of thiophene rings is 1. The van der Waals surface area contributed by atoms with Crippen molar-refractivity contribution in [2.24, 2.45) is 0 Å². The van der Waals surface area contributed by atoms with Crippen LogP contribution in [0.25, 0.3) is 10.7 Å². The molecule has 2 N–H and O–H groups in total. The largest absolute Gasteiger partial charge is 0.390 e. The number of H-pyrrole nitrogens is 1. The van der Waals surface area contributed by atoms with E-state index >= 15 is 0 Å². The minimum Gasteiger partial charge on any atom is -0.390 e. The molecule has 0 spiro atoms. The standard InChI is InChI=1S/C8H7ClN2OS/c9-7-2-1-6(13-7)8-10-3-5(4-12)11-8/h1-3,12H,4H2,(H,10,11). The molecular formula is C8H7ClN2OS. The van der Waals surface area contributed by atoms with Gasteiger partial charge in [-0.3, -0.25) is 0 Å². The monoisotopic (exact) mass is 214 g/mol. The van der Waals surface area contributed by atoms with Gasteiger partial charge in [-0.05, 0) is 12.1 Å². The lowest BCUT2D eigenvalue weighted by Crippen LogP contribution is -1.80. The van der Waals surface area contributed by atoms with Crippen LogP contribution in [0.1, 0.15) is 5.69 Å². The Morgan fingerprint density at radius 3 is 2.92 bits per heavy atom. The van der Waals surface area contributed by atoms with Crippen LogP contribution in [0, 0.1) is 0 Å². The highest BCUT2D eigenvalue weighted by atomic mass is 35.5. The number of hydrogen-bond donors (Lipinski definition) is 2. The first-order chi connectivity index (χ1) is 6.29. The Bertz CT molecular complexity index is 410. The molecule has 2 aromatic heterocycles. The van der Waals surface area contributed by atoms with E-state index in [4.69, 9.17) is 16.7 Å². The van der Waals surface area contributed by atoms with Crippen molar-refractivity contribution in [3.63, 3.8) is 0 Å². The molecule has 0 aliphatic heterocycles. The smallest absolute Gasteiger partial charge is 0.147 e. The predicted octanol–water partition coefficient (Wildman–Crippen LogP) is 2.28. The fraction of sp³-hybridized carbons (Fsp3) is 0.125. The summed E-state index contributed by atoms with van der Waals surface area (Å²) in [7, 11) is 0. The fourth-order valence-corrected chi connectivity index (χ4v) is 2.00. The van der Waals surface area contributed by atoms with E-state index in [1.807, 2.05) is 12.1 Å². The van der Waals surface area contributed by atoms with E-state index in [0.29, 0.717) is 5.69 Å². The minimum atomic E-state index is -0.0217. The van der Waals surface area contributed by atoms with Gasteiger partial charge in [-0.1, -0.05) is 11.6 Å². The van der Waals surface area contributed by atoms with E-state index < -0.39 is 0 Å². The highest BCUT2D eigenvalue weighted by molar-refractivity contribution is 7.19. The summed E-state index contributed by atoms with van der Waals surface area (Å²) in [6.45, 7) is -0.0217. The van der Waals surface area contributed by atoms with Crippen molar-refractivity contribution in [1.82, 2.24) is 9.97 Å². The van der Waals surface area contributed by atoms with Crippen molar-refractivity contribution in [3.05, 3.63) is 28.4 Å². The Morgan fingerprint density at radius 1 is 1.54 bits per heavy atom. The van der Waals surface area contributed by atoms with Crippen LogP contribution in [-0.4, -0.2) is 15.1 Å². The first kappa shape index (κ1) is 8.74. The van der Waals surface area contributed by atoms with Crippen LogP contribution in [0.5, 0.6) is 0 Å². The van der Waals surface area contributed by atoms with Crippen molar-refractivity contribution >= 4 is 22.9 Å². The minimum absolute atomic E-state index is 0.0217. The third-order valence-corrected chi connectivity index (χ3v) is 2.84. The zero-order valence-corrected chi connectivity index (χ0v) is 8.19. The Balaban J connectivity index is 2.35. The summed E-state index contributed by atoms with van der Waals surface area (Å²) in [5.41, 5.74) is 0.708. The summed E-state index contributed by atoms with van der Waals surface area (Å²) >= 11 is 7.23. The molecule has 0 saturated heterocycles. The molecule has 2 aromatic rings. The van der Waals surface area contributed by atoms with Crippen molar-refractivity contribution in [2.45, 2.75) is 6.61 Å². The van der Waals surface area contributed by atoms with E-state index in [-0.39, 0.29) is 6.61 Å². The molecule has 0 aromatic carbocycles. The second-order valence-corrected chi connectivity index (χ2v) is 4.23. The van der Waals surface area contributed by atoms with Gasteiger partial charge in [-0.25, -0.2) is 4.98 Å². The molecule has 0 bridgehead atoms. The van der Waals surface area contributed by atoms with Gasteiger partial charge in [-0.2, -0.15) is 0 Å². The summed E-state index contributed by atoms with van der Waals surface area (Å²) in [6.07, 6.45) is 1.61. The maximum Gasteiger partial charge on any atom is 0.147 e. The zero-order chi connectivity index (χ0) is 9.26. The molecule has 68 valence electrons. The first-order valence-corrected chi connectivity index (χ1v) is 4.89. The lowest BCUT2D eigenvalue weighted by atomic mass is 10.4. The molecule has 0 atom stereocenters. The van der Waals surface area contributed by atoms with Gasteiger partial charge in [0.25, 0.3) is 0 Å². The zero-order valence-electron chi connectivity index (χ0n) is 6.62. The highest BCUT2D eigenvalue weighted by Gasteiger charge is 2.05. The molecule has 13 heavy (non-hydrogen) atoms. The summed E-state index contributed by atoms with van der Waals surface area (Å²) in [6, 6.07) is 3.72. The molecule has 0 radical (unpaired) electrons.